The molecule has 1 amide bonds. The maximum atomic E-state index is 11.3. The van der Waals surface area contributed by atoms with Crippen LogP contribution in [0.15, 0.2) is 36.4 Å². The molecule has 0 aliphatic carbocycles. The Bertz CT molecular complexity index is 545. The van der Waals surface area contributed by atoms with E-state index in [1.54, 1.807) is 0 Å². The molecule has 2 aromatic rings. The highest BCUT2D eigenvalue weighted by Crippen LogP contribution is 2.27. The lowest BCUT2D eigenvalue weighted by Gasteiger charge is -2.17. The molecule has 3 rings (SSSR count). The summed E-state index contributed by atoms with van der Waals surface area (Å²) in [6.07, 6.45) is 1.46. The predicted molar refractivity (Wildman–Crippen MR) is 60.9 cm³/mol. The molecule has 2 aromatic carbocycles. The van der Waals surface area contributed by atoms with Crippen LogP contribution in [0.1, 0.15) is 12.0 Å². The fourth-order valence-corrected chi connectivity index (χ4v) is 2.07. The topological polar surface area (TPSA) is 29.1 Å². The molecule has 0 radical (unpaired) electrons. The third-order valence-corrected chi connectivity index (χ3v) is 2.87. The molecule has 0 atom stereocenters. The molecule has 2 nitrogen and oxygen atoms in total. The number of anilines is 1. The summed E-state index contributed by atoms with van der Waals surface area (Å²) in [5.41, 5.74) is 2.22. The molecule has 1 aliphatic rings. The van der Waals surface area contributed by atoms with Crippen molar-refractivity contribution in [1.29, 1.82) is 0 Å². The van der Waals surface area contributed by atoms with Gasteiger partial charge in [-0.15, -0.1) is 0 Å². The highest BCUT2D eigenvalue weighted by molar-refractivity contribution is 5.97. The Balaban J connectivity index is 2.24. The van der Waals surface area contributed by atoms with Crippen molar-refractivity contribution in [3.05, 3.63) is 42.0 Å². The Morgan fingerprint density at radius 1 is 1.00 bits per heavy atom. The minimum absolute atomic E-state index is 0.123. The lowest BCUT2D eigenvalue weighted by molar-refractivity contribution is -0.116. The van der Waals surface area contributed by atoms with Crippen LogP contribution in [0, 0.1) is 0 Å². The van der Waals surface area contributed by atoms with Gasteiger partial charge in [0.1, 0.15) is 0 Å². The average molecular weight is 197 g/mol. The van der Waals surface area contributed by atoms with E-state index in [4.69, 9.17) is 0 Å². The quantitative estimate of drug-likeness (QED) is 0.691. The second kappa shape index (κ2) is 3.09. The molecule has 74 valence electrons. The summed E-state index contributed by atoms with van der Waals surface area (Å²) in [6, 6.07) is 12.4. The number of hydrogen-bond acceptors (Lipinski definition) is 1. The minimum atomic E-state index is 0.123. The van der Waals surface area contributed by atoms with Crippen LogP contribution in [0.25, 0.3) is 10.8 Å². The van der Waals surface area contributed by atoms with Gasteiger partial charge in [-0.05, 0) is 34.9 Å². The number of rotatable bonds is 0. The van der Waals surface area contributed by atoms with Gasteiger partial charge in [-0.3, -0.25) is 4.79 Å². The second-order valence-corrected chi connectivity index (χ2v) is 3.90. The van der Waals surface area contributed by atoms with Crippen molar-refractivity contribution in [2.75, 3.05) is 5.32 Å². The van der Waals surface area contributed by atoms with Gasteiger partial charge in [0.15, 0.2) is 0 Å². The van der Waals surface area contributed by atoms with Crippen LogP contribution >= 0.6 is 0 Å². The number of nitrogens with one attached hydrogen (secondary N) is 1. The first kappa shape index (κ1) is 8.48. The average Bonchev–Trinajstić information content (AvgIpc) is 2.26. The third kappa shape index (κ3) is 1.38. The Labute approximate surface area is 87.9 Å². The molecule has 0 bridgehead atoms. The SMILES string of the molecule is O=C1CCc2cc3ccccc3cc2N1. The fourth-order valence-electron chi connectivity index (χ4n) is 2.07. The number of fused-ring (bicyclic) bond motifs is 2. The zero-order valence-electron chi connectivity index (χ0n) is 8.29. The molecule has 1 heterocycles. The lowest BCUT2D eigenvalue weighted by atomic mass is 9.99. The molecule has 1 N–H and O–H groups in total. The van der Waals surface area contributed by atoms with Crippen molar-refractivity contribution in [3.63, 3.8) is 0 Å². The van der Waals surface area contributed by atoms with Crippen molar-refractivity contribution in [3.8, 4) is 0 Å². The molecule has 0 unspecified atom stereocenters. The molecule has 0 fully saturated rings. The van der Waals surface area contributed by atoms with Crippen LogP contribution in [0.4, 0.5) is 5.69 Å². The summed E-state index contributed by atoms with van der Waals surface area (Å²) in [4.78, 5) is 11.3. The highest BCUT2D eigenvalue weighted by Gasteiger charge is 2.14. The maximum Gasteiger partial charge on any atom is 0.224 e. The van der Waals surface area contributed by atoms with E-state index in [1.165, 1.54) is 16.3 Å². The maximum absolute atomic E-state index is 11.3. The number of hydrogen-bond donors (Lipinski definition) is 1. The van der Waals surface area contributed by atoms with Crippen LogP contribution < -0.4 is 5.32 Å². The second-order valence-electron chi connectivity index (χ2n) is 3.90. The van der Waals surface area contributed by atoms with E-state index in [1.807, 2.05) is 12.1 Å². The molecule has 15 heavy (non-hydrogen) atoms. The summed E-state index contributed by atoms with van der Waals surface area (Å²) in [5.74, 6) is 0.123. The molecule has 0 aromatic heterocycles. The number of benzene rings is 2. The van der Waals surface area contributed by atoms with Crippen molar-refractivity contribution < 1.29 is 4.79 Å². The number of amides is 1. The van der Waals surface area contributed by atoms with Crippen molar-refractivity contribution in [1.82, 2.24) is 0 Å². The first-order valence-electron chi connectivity index (χ1n) is 5.14. The Hall–Kier alpha value is -1.83. The number of aryl methyl sites for hydroxylation is 1. The van der Waals surface area contributed by atoms with E-state index in [0.717, 1.165) is 12.1 Å². The van der Waals surface area contributed by atoms with Gasteiger partial charge in [-0.2, -0.15) is 0 Å². The minimum Gasteiger partial charge on any atom is -0.326 e. The van der Waals surface area contributed by atoms with E-state index in [9.17, 15) is 4.79 Å². The van der Waals surface area contributed by atoms with E-state index >= 15 is 0 Å². The van der Waals surface area contributed by atoms with E-state index < -0.39 is 0 Å². The monoisotopic (exact) mass is 197 g/mol. The zero-order chi connectivity index (χ0) is 10.3. The van der Waals surface area contributed by atoms with Gasteiger partial charge in [-0.1, -0.05) is 24.3 Å². The van der Waals surface area contributed by atoms with Crippen LogP contribution in [0.3, 0.4) is 0 Å². The smallest absolute Gasteiger partial charge is 0.224 e. The Kier molecular flexibility index (Phi) is 1.75. The van der Waals surface area contributed by atoms with Gasteiger partial charge in [0.05, 0.1) is 0 Å². The van der Waals surface area contributed by atoms with Crippen molar-refractivity contribution in [2.45, 2.75) is 12.8 Å². The first-order chi connectivity index (χ1) is 7.33. The van der Waals surface area contributed by atoms with E-state index in [-0.39, 0.29) is 5.91 Å². The molecule has 2 heteroatoms. The van der Waals surface area contributed by atoms with Gasteiger partial charge in [0, 0.05) is 12.1 Å². The Morgan fingerprint density at radius 3 is 2.53 bits per heavy atom. The summed E-state index contributed by atoms with van der Waals surface area (Å²) in [6.45, 7) is 0. The van der Waals surface area contributed by atoms with Crippen LogP contribution in [-0.2, 0) is 11.2 Å². The number of carbonyl (C=O) groups is 1. The predicted octanol–water partition coefficient (Wildman–Crippen LogP) is 2.72. The molecule has 0 saturated heterocycles. The third-order valence-electron chi connectivity index (χ3n) is 2.87. The van der Waals surface area contributed by atoms with Gasteiger partial charge in [0.2, 0.25) is 5.91 Å². The Morgan fingerprint density at radius 2 is 1.73 bits per heavy atom. The molecule has 0 spiro atoms. The normalized spacial score (nSPS) is 14.8. The molecule has 0 saturated carbocycles. The van der Waals surface area contributed by atoms with Gasteiger partial charge in [-0.25, -0.2) is 0 Å². The summed E-state index contributed by atoms with van der Waals surface area (Å²) in [7, 11) is 0. The lowest BCUT2D eigenvalue weighted by Crippen LogP contribution is -2.18. The summed E-state index contributed by atoms with van der Waals surface area (Å²) in [5, 5.41) is 5.34. The van der Waals surface area contributed by atoms with Gasteiger partial charge < -0.3 is 5.32 Å². The number of carbonyl (C=O) groups excluding carboxylic acids is 1. The van der Waals surface area contributed by atoms with Crippen LogP contribution in [0.2, 0.25) is 0 Å². The van der Waals surface area contributed by atoms with E-state index in [2.05, 4.69) is 29.6 Å². The summed E-state index contributed by atoms with van der Waals surface area (Å²) < 4.78 is 0. The van der Waals surface area contributed by atoms with E-state index in [0.29, 0.717) is 6.42 Å². The van der Waals surface area contributed by atoms with Crippen LogP contribution in [-0.4, -0.2) is 5.91 Å². The first-order valence-corrected chi connectivity index (χ1v) is 5.14. The van der Waals surface area contributed by atoms with Crippen LogP contribution in [0.5, 0.6) is 0 Å². The standard InChI is InChI=1S/C13H11NO/c15-13-6-5-11-7-9-3-1-2-4-10(9)8-12(11)14-13/h1-4,7-8H,5-6H2,(H,14,15). The summed E-state index contributed by atoms with van der Waals surface area (Å²) >= 11 is 0. The molecule has 1 aliphatic heterocycles. The molecular formula is C13H11NO. The zero-order valence-corrected chi connectivity index (χ0v) is 8.29. The van der Waals surface area contributed by atoms with Crippen molar-refractivity contribution >= 4 is 22.4 Å². The molecular weight excluding hydrogens is 186 g/mol. The van der Waals surface area contributed by atoms with Gasteiger partial charge >= 0.3 is 0 Å². The van der Waals surface area contributed by atoms with Crippen molar-refractivity contribution in [2.24, 2.45) is 0 Å². The highest BCUT2D eigenvalue weighted by atomic mass is 16.1. The largest absolute Gasteiger partial charge is 0.326 e. The van der Waals surface area contributed by atoms with Gasteiger partial charge in [0.25, 0.3) is 0 Å². The fraction of sp³-hybridized carbons (Fsp3) is 0.154.